The van der Waals surface area contributed by atoms with Gasteiger partial charge in [-0.3, -0.25) is 9.36 Å². The first-order valence-electron chi connectivity index (χ1n) is 10.2. The Labute approximate surface area is 181 Å². The van der Waals surface area contributed by atoms with Crippen LogP contribution in [0.5, 0.6) is 0 Å². The third-order valence-corrected chi connectivity index (χ3v) is 7.23. The summed E-state index contributed by atoms with van der Waals surface area (Å²) in [7, 11) is 0. The van der Waals surface area contributed by atoms with Crippen LogP contribution in [0.3, 0.4) is 0 Å². The third-order valence-electron chi connectivity index (χ3n) is 6.26. The van der Waals surface area contributed by atoms with Crippen LogP contribution in [0.2, 0.25) is 0 Å². The minimum Gasteiger partial charge on any atom is -0.268 e. The first kappa shape index (κ1) is 20.4. The van der Waals surface area contributed by atoms with Crippen LogP contribution in [0.4, 0.5) is 0 Å². The standard InChI is InChI=1S/C26H26N2OS/c1-16-17(2)19(4)23(20(5)18(16)3)15-30-26-27-24-14-10-9-13-22(24)25(29)28(26)21-11-7-6-8-12-21/h6-14H,15H2,1-5H3. The first-order chi connectivity index (χ1) is 14.4. The van der Waals surface area contributed by atoms with E-state index in [0.29, 0.717) is 5.39 Å². The maximum absolute atomic E-state index is 13.4. The Hall–Kier alpha value is -2.85. The fourth-order valence-corrected chi connectivity index (χ4v) is 5.13. The maximum Gasteiger partial charge on any atom is 0.266 e. The van der Waals surface area contributed by atoms with E-state index in [9.17, 15) is 4.79 Å². The van der Waals surface area contributed by atoms with Gasteiger partial charge in [0.05, 0.1) is 16.6 Å². The van der Waals surface area contributed by atoms with Crippen molar-refractivity contribution in [2.24, 2.45) is 0 Å². The average molecular weight is 415 g/mol. The van der Waals surface area contributed by atoms with Gasteiger partial charge < -0.3 is 0 Å². The van der Waals surface area contributed by atoms with E-state index in [1.54, 1.807) is 16.3 Å². The van der Waals surface area contributed by atoms with Crippen molar-refractivity contribution in [3.05, 3.63) is 98.3 Å². The molecule has 0 aliphatic carbocycles. The van der Waals surface area contributed by atoms with Gasteiger partial charge in [-0.2, -0.15) is 0 Å². The second-order valence-corrected chi connectivity index (χ2v) is 8.72. The molecule has 0 radical (unpaired) electrons. The molecule has 30 heavy (non-hydrogen) atoms. The molecule has 0 saturated carbocycles. The fourth-order valence-electron chi connectivity index (χ4n) is 3.94. The highest BCUT2D eigenvalue weighted by atomic mass is 32.2. The molecule has 4 rings (SSSR count). The molecule has 0 bridgehead atoms. The molecule has 152 valence electrons. The van der Waals surface area contributed by atoms with E-state index in [2.05, 4.69) is 34.6 Å². The van der Waals surface area contributed by atoms with Crippen LogP contribution in [0.25, 0.3) is 16.6 Å². The van der Waals surface area contributed by atoms with Crippen molar-refractivity contribution in [2.45, 2.75) is 45.5 Å². The quantitative estimate of drug-likeness (QED) is 0.294. The van der Waals surface area contributed by atoms with Gasteiger partial charge in [0.25, 0.3) is 5.56 Å². The molecule has 0 aliphatic rings. The second kappa shape index (κ2) is 8.11. The zero-order valence-electron chi connectivity index (χ0n) is 18.1. The van der Waals surface area contributed by atoms with E-state index in [1.807, 2.05) is 54.6 Å². The molecule has 1 heterocycles. The van der Waals surface area contributed by atoms with Crippen LogP contribution in [0.15, 0.2) is 64.5 Å². The molecule has 0 aliphatic heterocycles. The van der Waals surface area contributed by atoms with Gasteiger partial charge in [0.2, 0.25) is 0 Å². The summed E-state index contributed by atoms with van der Waals surface area (Å²) in [5.41, 5.74) is 9.61. The van der Waals surface area contributed by atoms with Gasteiger partial charge in [-0.25, -0.2) is 4.98 Å². The van der Waals surface area contributed by atoms with Gasteiger partial charge in [-0.15, -0.1) is 0 Å². The van der Waals surface area contributed by atoms with Gasteiger partial charge in [0, 0.05) is 5.75 Å². The summed E-state index contributed by atoms with van der Waals surface area (Å²) in [5, 5.41) is 1.36. The summed E-state index contributed by atoms with van der Waals surface area (Å²) < 4.78 is 1.74. The monoisotopic (exact) mass is 414 g/mol. The Morgan fingerprint density at radius 2 is 1.33 bits per heavy atom. The number of benzene rings is 3. The Morgan fingerprint density at radius 3 is 2.00 bits per heavy atom. The predicted molar refractivity (Wildman–Crippen MR) is 127 cm³/mol. The predicted octanol–water partition coefficient (Wildman–Crippen LogP) is 6.22. The number of para-hydroxylation sites is 2. The fraction of sp³-hybridized carbons (Fsp3) is 0.231. The highest BCUT2D eigenvalue weighted by Crippen LogP contribution is 2.32. The topological polar surface area (TPSA) is 34.9 Å². The molecule has 3 nitrogen and oxygen atoms in total. The van der Waals surface area contributed by atoms with E-state index in [1.165, 1.54) is 33.4 Å². The van der Waals surface area contributed by atoms with E-state index < -0.39 is 0 Å². The number of fused-ring (bicyclic) bond motifs is 1. The summed E-state index contributed by atoms with van der Waals surface area (Å²) in [6, 6.07) is 17.3. The summed E-state index contributed by atoms with van der Waals surface area (Å²) in [6.07, 6.45) is 0. The SMILES string of the molecule is Cc1c(C)c(C)c(CSc2nc3ccccc3c(=O)n2-c2ccccc2)c(C)c1C. The van der Waals surface area contributed by atoms with Crippen molar-refractivity contribution < 1.29 is 0 Å². The minimum absolute atomic E-state index is 0.0287. The molecule has 0 atom stereocenters. The Kier molecular flexibility index (Phi) is 5.52. The van der Waals surface area contributed by atoms with Gasteiger partial charge in [-0.05, 0) is 92.3 Å². The third kappa shape index (κ3) is 3.46. The molecule has 0 unspecified atom stereocenters. The molecule has 4 heteroatoms. The van der Waals surface area contributed by atoms with E-state index >= 15 is 0 Å². The zero-order valence-corrected chi connectivity index (χ0v) is 18.9. The maximum atomic E-state index is 13.4. The molecule has 1 aromatic heterocycles. The Balaban J connectivity index is 1.85. The number of hydrogen-bond donors (Lipinski definition) is 0. The molecular formula is C26H26N2OS. The van der Waals surface area contributed by atoms with Gasteiger partial charge in [0.1, 0.15) is 0 Å². The van der Waals surface area contributed by atoms with Crippen LogP contribution >= 0.6 is 11.8 Å². The number of rotatable bonds is 4. The second-order valence-electron chi connectivity index (χ2n) is 7.78. The number of nitrogens with zero attached hydrogens (tertiary/aromatic N) is 2. The van der Waals surface area contributed by atoms with E-state index in [4.69, 9.17) is 4.98 Å². The molecule has 3 aromatic carbocycles. The van der Waals surface area contributed by atoms with Crippen molar-refractivity contribution in [2.75, 3.05) is 0 Å². The lowest BCUT2D eigenvalue weighted by Crippen LogP contribution is -2.21. The number of thioether (sulfide) groups is 1. The van der Waals surface area contributed by atoms with Crippen molar-refractivity contribution >= 4 is 22.7 Å². The molecular weight excluding hydrogens is 388 g/mol. The summed E-state index contributed by atoms with van der Waals surface area (Å²) in [6.45, 7) is 11.0. The number of aromatic nitrogens is 2. The lowest BCUT2D eigenvalue weighted by Gasteiger charge is -2.19. The molecule has 0 spiro atoms. The lowest BCUT2D eigenvalue weighted by molar-refractivity contribution is 0.819. The van der Waals surface area contributed by atoms with Crippen molar-refractivity contribution in [1.29, 1.82) is 0 Å². The molecule has 4 aromatic rings. The molecule has 0 saturated heterocycles. The van der Waals surface area contributed by atoms with Crippen molar-refractivity contribution in [1.82, 2.24) is 9.55 Å². The molecule has 0 N–H and O–H groups in total. The largest absolute Gasteiger partial charge is 0.268 e. The normalized spacial score (nSPS) is 11.2. The Morgan fingerprint density at radius 1 is 0.767 bits per heavy atom. The highest BCUT2D eigenvalue weighted by Gasteiger charge is 2.16. The summed E-state index contributed by atoms with van der Waals surface area (Å²) in [4.78, 5) is 18.2. The first-order valence-corrected chi connectivity index (χ1v) is 11.1. The van der Waals surface area contributed by atoms with Gasteiger partial charge >= 0.3 is 0 Å². The Bertz CT molecular complexity index is 1280. The van der Waals surface area contributed by atoms with E-state index in [-0.39, 0.29) is 5.56 Å². The van der Waals surface area contributed by atoms with Gasteiger partial charge in [0.15, 0.2) is 5.16 Å². The minimum atomic E-state index is -0.0287. The zero-order chi connectivity index (χ0) is 21.4. The smallest absolute Gasteiger partial charge is 0.266 e. The molecule has 0 fully saturated rings. The van der Waals surface area contributed by atoms with Crippen molar-refractivity contribution in [3.8, 4) is 5.69 Å². The van der Waals surface area contributed by atoms with Crippen LogP contribution in [0.1, 0.15) is 33.4 Å². The van der Waals surface area contributed by atoms with Crippen LogP contribution in [-0.4, -0.2) is 9.55 Å². The van der Waals surface area contributed by atoms with Crippen LogP contribution < -0.4 is 5.56 Å². The van der Waals surface area contributed by atoms with Crippen LogP contribution in [-0.2, 0) is 5.75 Å². The van der Waals surface area contributed by atoms with E-state index in [0.717, 1.165) is 22.1 Å². The lowest BCUT2D eigenvalue weighted by atomic mass is 9.90. The number of hydrogen-bond acceptors (Lipinski definition) is 3. The summed E-state index contributed by atoms with van der Waals surface area (Å²) >= 11 is 1.63. The summed E-state index contributed by atoms with van der Waals surface area (Å²) in [5.74, 6) is 0.775. The highest BCUT2D eigenvalue weighted by molar-refractivity contribution is 7.98. The van der Waals surface area contributed by atoms with Crippen LogP contribution in [0, 0.1) is 34.6 Å². The molecule has 0 amide bonds. The van der Waals surface area contributed by atoms with Gasteiger partial charge in [-0.1, -0.05) is 42.1 Å². The van der Waals surface area contributed by atoms with Crippen molar-refractivity contribution in [3.63, 3.8) is 0 Å². The average Bonchev–Trinajstić information content (AvgIpc) is 2.77.